The monoisotopic (exact) mass is 336 g/mol. The Bertz CT molecular complexity index is 520. The molecule has 23 heavy (non-hydrogen) atoms. The topological polar surface area (TPSA) is 55.9 Å². The summed E-state index contributed by atoms with van der Waals surface area (Å²) in [6.45, 7) is 7.44. The van der Waals surface area contributed by atoms with E-state index in [1.54, 1.807) is 0 Å². The first kappa shape index (κ1) is 16.4. The number of carbonyl (C=O) groups excluding carboxylic acids is 2. The van der Waals surface area contributed by atoms with Crippen molar-refractivity contribution in [1.29, 1.82) is 0 Å². The van der Waals surface area contributed by atoms with Gasteiger partial charge in [0.2, 0.25) is 5.91 Å². The highest BCUT2D eigenvalue weighted by atomic mass is 32.1. The molecule has 0 unspecified atom stereocenters. The van der Waals surface area contributed by atoms with Crippen LogP contribution >= 0.6 is 11.3 Å². The molecule has 0 aliphatic carbocycles. The van der Waals surface area contributed by atoms with Crippen LogP contribution < -0.4 is 5.32 Å². The van der Waals surface area contributed by atoms with Gasteiger partial charge in [-0.2, -0.15) is 0 Å². The summed E-state index contributed by atoms with van der Waals surface area (Å²) in [7, 11) is 0. The molecule has 2 amide bonds. The molecule has 6 nitrogen and oxygen atoms in total. The Morgan fingerprint density at radius 1 is 1.04 bits per heavy atom. The van der Waals surface area contributed by atoms with Crippen LogP contribution in [0, 0.1) is 0 Å². The molecular weight excluding hydrogens is 312 g/mol. The summed E-state index contributed by atoms with van der Waals surface area (Å²) in [6.07, 6.45) is 0.582. The second kappa shape index (κ2) is 7.90. The van der Waals surface area contributed by atoms with Gasteiger partial charge in [-0.25, -0.2) is 0 Å². The molecule has 2 aliphatic heterocycles. The predicted octanol–water partition coefficient (Wildman–Crippen LogP) is 0.328. The van der Waals surface area contributed by atoms with Gasteiger partial charge in [-0.3, -0.25) is 14.5 Å². The van der Waals surface area contributed by atoms with Crippen molar-refractivity contribution in [2.24, 2.45) is 0 Å². The molecule has 1 aromatic heterocycles. The van der Waals surface area contributed by atoms with Gasteiger partial charge in [0.1, 0.15) is 0 Å². The van der Waals surface area contributed by atoms with E-state index in [1.165, 1.54) is 11.3 Å². The van der Waals surface area contributed by atoms with E-state index < -0.39 is 0 Å². The van der Waals surface area contributed by atoms with Crippen LogP contribution in [0.3, 0.4) is 0 Å². The Morgan fingerprint density at radius 2 is 1.78 bits per heavy atom. The summed E-state index contributed by atoms with van der Waals surface area (Å²) in [5.41, 5.74) is 0. The summed E-state index contributed by atoms with van der Waals surface area (Å²) in [5.74, 6) is 0.389. The molecular formula is C16H24N4O2S. The lowest BCUT2D eigenvalue weighted by Gasteiger charge is -2.35. The Labute approximate surface area is 141 Å². The zero-order valence-corrected chi connectivity index (χ0v) is 14.2. The van der Waals surface area contributed by atoms with E-state index in [2.05, 4.69) is 10.2 Å². The highest BCUT2D eigenvalue weighted by Gasteiger charge is 2.23. The first-order valence-electron chi connectivity index (χ1n) is 8.27. The number of nitrogens with zero attached hydrogens (tertiary/aromatic N) is 3. The molecule has 1 N–H and O–H groups in total. The van der Waals surface area contributed by atoms with Crippen LogP contribution in [-0.2, 0) is 4.79 Å². The summed E-state index contributed by atoms with van der Waals surface area (Å²) < 4.78 is 0. The maximum Gasteiger partial charge on any atom is 0.264 e. The minimum atomic E-state index is 0.136. The van der Waals surface area contributed by atoms with E-state index in [0.717, 1.165) is 63.8 Å². The van der Waals surface area contributed by atoms with Crippen LogP contribution in [0.1, 0.15) is 16.1 Å². The minimum absolute atomic E-state index is 0.136. The standard InChI is InChI=1S/C16H24N4O2S/c21-15(19-7-4-17-5-8-19)3-6-18-9-11-20(12-10-18)16(22)14-2-1-13-23-14/h1-2,13,17H,3-12H2. The third kappa shape index (κ3) is 4.31. The number of hydrogen-bond acceptors (Lipinski definition) is 5. The third-order valence-corrected chi connectivity index (χ3v) is 5.36. The fourth-order valence-electron chi connectivity index (χ4n) is 3.06. The molecule has 2 saturated heterocycles. The van der Waals surface area contributed by atoms with Crippen molar-refractivity contribution in [3.63, 3.8) is 0 Å². The minimum Gasteiger partial charge on any atom is -0.340 e. The lowest BCUT2D eigenvalue weighted by Crippen LogP contribution is -2.50. The van der Waals surface area contributed by atoms with Crippen molar-refractivity contribution in [3.8, 4) is 0 Å². The van der Waals surface area contributed by atoms with Crippen LogP contribution in [0.25, 0.3) is 0 Å². The first-order valence-corrected chi connectivity index (χ1v) is 9.15. The SMILES string of the molecule is O=C(CCN1CCN(C(=O)c2cccs2)CC1)N1CCNCC1. The van der Waals surface area contributed by atoms with E-state index in [-0.39, 0.29) is 11.8 Å². The van der Waals surface area contributed by atoms with E-state index in [1.807, 2.05) is 27.3 Å². The molecule has 2 aliphatic rings. The zero-order chi connectivity index (χ0) is 16.1. The van der Waals surface area contributed by atoms with Crippen LogP contribution in [-0.4, -0.2) is 85.4 Å². The summed E-state index contributed by atoms with van der Waals surface area (Å²) in [5, 5.41) is 5.20. The van der Waals surface area contributed by atoms with Gasteiger partial charge in [-0.1, -0.05) is 6.07 Å². The highest BCUT2D eigenvalue weighted by Crippen LogP contribution is 2.14. The van der Waals surface area contributed by atoms with Gasteiger partial charge in [0.15, 0.2) is 0 Å². The second-order valence-electron chi connectivity index (χ2n) is 5.99. The van der Waals surface area contributed by atoms with Crippen molar-refractivity contribution < 1.29 is 9.59 Å². The number of piperazine rings is 2. The highest BCUT2D eigenvalue weighted by molar-refractivity contribution is 7.12. The van der Waals surface area contributed by atoms with Crippen molar-refractivity contribution in [2.75, 3.05) is 58.9 Å². The average Bonchev–Trinajstić information content (AvgIpc) is 3.15. The number of hydrogen-bond donors (Lipinski definition) is 1. The Kier molecular flexibility index (Phi) is 5.64. The molecule has 0 saturated carbocycles. The average molecular weight is 336 g/mol. The molecule has 0 atom stereocenters. The fraction of sp³-hybridized carbons (Fsp3) is 0.625. The first-order chi connectivity index (χ1) is 11.2. The third-order valence-electron chi connectivity index (χ3n) is 4.50. The molecule has 3 heterocycles. The largest absolute Gasteiger partial charge is 0.340 e. The number of thiophene rings is 1. The van der Waals surface area contributed by atoms with Gasteiger partial charge in [-0.15, -0.1) is 11.3 Å². The van der Waals surface area contributed by atoms with Gasteiger partial charge in [0.05, 0.1) is 4.88 Å². The van der Waals surface area contributed by atoms with E-state index in [0.29, 0.717) is 6.42 Å². The van der Waals surface area contributed by atoms with Gasteiger partial charge in [-0.05, 0) is 11.4 Å². The number of rotatable bonds is 4. The number of nitrogens with one attached hydrogen (secondary N) is 1. The Hall–Kier alpha value is -1.44. The summed E-state index contributed by atoms with van der Waals surface area (Å²) >= 11 is 1.50. The molecule has 0 spiro atoms. The predicted molar refractivity (Wildman–Crippen MR) is 90.7 cm³/mol. The molecule has 2 fully saturated rings. The second-order valence-corrected chi connectivity index (χ2v) is 6.94. The van der Waals surface area contributed by atoms with Gasteiger partial charge >= 0.3 is 0 Å². The van der Waals surface area contributed by atoms with E-state index in [9.17, 15) is 9.59 Å². The van der Waals surface area contributed by atoms with Crippen LogP contribution in [0.4, 0.5) is 0 Å². The maximum atomic E-state index is 12.3. The molecule has 1 aromatic rings. The zero-order valence-electron chi connectivity index (χ0n) is 13.4. The van der Waals surface area contributed by atoms with E-state index in [4.69, 9.17) is 0 Å². The maximum absolute atomic E-state index is 12.3. The van der Waals surface area contributed by atoms with Crippen LogP contribution in [0.5, 0.6) is 0 Å². The van der Waals surface area contributed by atoms with Crippen molar-refractivity contribution in [2.45, 2.75) is 6.42 Å². The van der Waals surface area contributed by atoms with Crippen LogP contribution in [0.15, 0.2) is 17.5 Å². The lowest BCUT2D eigenvalue weighted by molar-refractivity contribution is -0.132. The van der Waals surface area contributed by atoms with Gasteiger partial charge in [0.25, 0.3) is 5.91 Å². The van der Waals surface area contributed by atoms with Crippen molar-refractivity contribution in [1.82, 2.24) is 20.0 Å². The molecule has 126 valence electrons. The van der Waals surface area contributed by atoms with Crippen molar-refractivity contribution >= 4 is 23.2 Å². The molecule has 0 bridgehead atoms. The van der Waals surface area contributed by atoms with E-state index >= 15 is 0 Å². The lowest BCUT2D eigenvalue weighted by atomic mass is 10.2. The molecule has 0 aromatic carbocycles. The fourth-order valence-corrected chi connectivity index (χ4v) is 3.75. The quantitative estimate of drug-likeness (QED) is 0.861. The summed E-state index contributed by atoms with van der Waals surface area (Å²) in [6, 6.07) is 3.79. The number of amides is 2. The van der Waals surface area contributed by atoms with Gasteiger partial charge < -0.3 is 15.1 Å². The van der Waals surface area contributed by atoms with Crippen LogP contribution in [0.2, 0.25) is 0 Å². The van der Waals surface area contributed by atoms with Crippen molar-refractivity contribution in [3.05, 3.63) is 22.4 Å². The normalized spacial score (nSPS) is 19.8. The Balaban J connectivity index is 1.39. The number of carbonyl (C=O) groups is 2. The molecule has 3 rings (SSSR count). The smallest absolute Gasteiger partial charge is 0.264 e. The Morgan fingerprint density at radius 3 is 2.43 bits per heavy atom. The molecule has 0 radical (unpaired) electrons. The molecule has 7 heteroatoms. The van der Waals surface area contributed by atoms with Gasteiger partial charge in [0, 0.05) is 65.3 Å². The summed E-state index contributed by atoms with van der Waals surface area (Å²) in [4.78, 5) is 31.4.